The van der Waals surface area contributed by atoms with E-state index in [0.717, 1.165) is 10.9 Å². The Hall–Kier alpha value is -1.61. The van der Waals surface area contributed by atoms with Crippen LogP contribution in [0.3, 0.4) is 0 Å². The molecule has 0 bridgehead atoms. The number of halogens is 2. The Kier molecular flexibility index (Phi) is 2.47. The van der Waals surface area contributed by atoms with Gasteiger partial charge in [-0.15, -0.1) is 0 Å². The minimum atomic E-state index is -0.963. The van der Waals surface area contributed by atoms with Gasteiger partial charge < -0.3 is 4.40 Å². The molecule has 0 aliphatic heterocycles. The lowest BCUT2D eigenvalue weighted by Crippen LogP contribution is -2.11. The summed E-state index contributed by atoms with van der Waals surface area (Å²) in [6, 6.07) is 17.0. The van der Waals surface area contributed by atoms with Crippen molar-refractivity contribution in [1.82, 2.24) is 4.40 Å². The van der Waals surface area contributed by atoms with Crippen molar-refractivity contribution in [3.05, 3.63) is 65.3 Å². The van der Waals surface area contributed by atoms with Gasteiger partial charge in [0.25, 0.3) is 0 Å². The smallest absolute Gasteiger partial charge is 0.164 e. The molecule has 0 unspecified atom stereocenters. The molecule has 0 N–H and O–H groups in total. The molecule has 4 aromatic rings. The van der Waals surface area contributed by atoms with E-state index in [1.165, 1.54) is 26.7 Å². The van der Waals surface area contributed by atoms with Crippen molar-refractivity contribution in [2.75, 3.05) is 0 Å². The molecule has 1 aliphatic carbocycles. The van der Waals surface area contributed by atoms with E-state index in [1.807, 2.05) is 12.1 Å². The average Bonchev–Trinajstić information content (AvgIpc) is 2.89. The second-order valence-electron chi connectivity index (χ2n) is 5.69. The quantitative estimate of drug-likeness (QED) is 0.314. The Morgan fingerprint density at radius 2 is 1.64 bits per heavy atom. The highest BCUT2D eigenvalue weighted by molar-refractivity contribution is 6.55. The van der Waals surface area contributed by atoms with Gasteiger partial charge in [-0.05, 0) is 28.4 Å². The van der Waals surface area contributed by atoms with E-state index in [4.69, 9.17) is 23.2 Å². The van der Waals surface area contributed by atoms with Crippen molar-refractivity contribution in [2.45, 2.75) is 4.33 Å². The zero-order valence-corrected chi connectivity index (χ0v) is 14.2. The molecular formula is C18H11Cl2NSi. The van der Waals surface area contributed by atoms with Crippen molar-refractivity contribution in [3.8, 4) is 0 Å². The Balaban J connectivity index is 2.20. The highest BCUT2D eigenvalue weighted by Gasteiger charge is 2.33. The number of benzene rings is 2. The third kappa shape index (κ3) is 1.52. The standard InChI is InChI=1S/C18H11Cl2NSi/c19-18(20)10-9-15-17-16(18)11-5-1-2-6-12(11)21(17)13-7-3-4-8-14(13)22-15/h1-10,22H. The summed E-state index contributed by atoms with van der Waals surface area (Å²) < 4.78 is 1.37. The predicted octanol–water partition coefficient (Wildman–Crippen LogP) is 4.97. The molecule has 0 fully saturated rings. The summed E-state index contributed by atoms with van der Waals surface area (Å²) >= 11 is 13.3. The van der Waals surface area contributed by atoms with Gasteiger partial charge in [-0.25, -0.2) is 0 Å². The molecule has 4 heteroatoms. The average molecular weight is 340 g/mol. The number of alkyl halides is 2. The largest absolute Gasteiger partial charge is 0.309 e. The van der Waals surface area contributed by atoms with Gasteiger partial charge >= 0.3 is 0 Å². The Morgan fingerprint density at radius 3 is 2.50 bits per heavy atom. The van der Waals surface area contributed by atoms with Gasteiger partial charge in [0.05, 0.1) is 11.0 Å². The molecular weight excluding hydrogens is 329 g/mol. The monoisotopic (exact) mass is 339 g/mol. The first-order chi connectivity index (χ1) is 10.7. The molecule has 0 spiro atoms. The minimum Gasteiger partial charge on any atom is -0.309 e. The minimum absolute atomic E-state index is 0.0602. The van der Waals surface area contributed by atoms with E-state index in [2.05, 4.69) is 52.9 Å². The molecule has 2 heterocycles. The van der Waals surface area contributed by atoms with Crippen LogP contribution < -0.4 is 0 Å². The van der Waals surface area contributed by atoms with Crippen molar-refractivity contribution in [3.63, 3.8) is 0 Å². The molecule has 2 aromatic carbocycles. The van der Waals surface area contributed by atoms with E-state index in [9.17, 15) is 0 Å². The molecule has 106 valence electrons. The second-order valence-corrected chi connectivity index (χ2v) is 8.61. The highest BCUT2D eigenvalue weighted by Crippen LogP contribution is 2.47. The number of allylic oxidation sites excluding steroid dienone is 1. The topological polar surface area (TPSA) is 4.41 Å². The van der Waals surface area contributed by atoms with E-state index in [0.29, 0.717) is 0 Å². The van der Waals surface area contributed by atoms with Crippen LogP contribution in [0.15, 0.2) is 54.6 Å². The molecule has 2 aromatic heterocycles. The molecule has 0 radical (unpaired) electrons. The maximum atomic E-state index is 6.63. The first kappa shape index (κ1) is 12.9. The molecule has 0 saturated carbocycles. The predicted molar refractivity (Wildman–Crippen MR) is 97.6 cm³/mol. The molecule has 0 amide bonds. The zero-order chi connectivity index (χ0) is 14.9. The first-order valence-corrected chi connectivity index (χ1v) is 9.10. The van der Waals surface area contributed by atoms with Gasteiger partial charge in [0.2, 0.25) is 0 Å². The Bertz CT molecular complexity index is 1110. The number of rotatable bonds is 0. The lowest BCUT2D eigenvalue weighted by Gasteiger charge is -2.21. The third-order valence-corrected chi connectivity index (χ3v) is 6.65. The van der Waals surface area contributed by atoms with Crippen LogP contribution in [0.1, 0.15) is 10.7 Å². The van der Waals surface area contributed by atoms with Gasteiger partial charge in [0.1, 0.15) is 0 Å². The summed E-state index contributed by atoms with van der Waals surface area (Å²) in [5.74, 6) is 0. The van der Waals surface area contributed by atoms with Gasteiger partial charge in [-0.2, -0.15) is 0 Å². The van der Waals surface area contributed by atoms with Crippen molar-refractivity contribution in [2.24, 2.45) is 0 Å². The van der Waals surface area contributed by atoms with Crippen LogP contribution in [0.5, 0.6) is 0 Å². The fourth-order valence-corrected chi connectivity index (χ4v) is 5.58. The summed E-state index contributed by atoms with van der Waals surface area (Å²) in [6.45, 7) is 0. The van der Waals surface area contributed by atoms with Crippen molar-refractivity contribution < 1.29 is 0 Å². The van der Waals surface area contributed by atoms with E-state index in [-0.39, 0.29) is 9.12 Å². The first-order valence-electron chi connectivity index (χ1n) is 7.19. The van der Waals surface area contributed by atoms with Crippen molar-refractivity contribution >= 4 is 65.3 Å². The summed E-state index contributed by atoms with van der Waals surface area (Å²) in [6.07, 6.45) is 4.04. The fourth-order valence-electron chi connectivity index (χ4n) is 3.55. The number of hydrogen-bond acceptors (Lipinski definition) is 0. The third-order valence-electron chi connectivity index (χ3n) is 4.44. The number of para-hydroxylation sites is 2. The maximum Gasteiger partial charge on any atom is 0.164 e. The van der Waals surface area contributed by atoms with Gasteiger partial charge in [0.15, 0.2) is 4.33 Å². The van der Waals surface area contributed by atoms with E-state index in [1.54, 1.807) is 0 Å². The lowest BCUT2D eigenvalue weighted by molar-refractivity contribution is 1.13. The second kappa shape index (κ2) is 4.22. The summed E-state index contributed by atoms with van der Waals surface area (Å²) in [7, 11) is 0.0602. The van der Waals surface area contributed by atoms with E-state index < -0.39 is 4.33 Å². The number of fused-ring (bicyclic) bond motifs is 5. The molecule has 1 nitrogen and oxygen atoms in total. The van der Waals surface area contributed by atoms with Crippen LogP contribution in [-0.2, 0) is 4.33 Å². The van der Waals surface area contributed by atoms with Crippen LogP contribution in [0.25, 0.3) is 33.0 Å². The summed E-state index contributed by atoms with van der Waals surface area (Å²) in [5, 5.41) is 2.50. The summed E-state index contributed by atoms with van der Waals surface area (Å²) in [5.41, 5.74) is 4.66. The van der Waals surface area contributed by atoms with Crippen LogP contribution in [0.4, 0.5) is 0 Å². The molecule has 0 saturated heterocycles. The number of nitrogens with zero attached hydrogens (tertiary/aromatic N) is 1. The fraction of sp³-hybridized carbons (Fsp3) is 0.0556. The SMILES string of the molecule is ClC1(Cl)C=Cc2[siH]c3ccccc3n3c2c1c1ccccc13. The molecule has 0 atom stereocenters. The number of hydrogen-bond donors (Lipinski definition) is 0. The molecule has 1 aliphatic rings. The van der Waals surface area contributed by atoms with Crippen LogP contribution in [0.2, 0.25) is 0 Å². The highest BCUT2D eigenvalue weighted by atomic mass is 35.5. The van der Waals surface area contributed by atoms with Gasteiger partial charge in [-0.3, -0.25) is 0 Å². The molecule has 5 rings (SSSR count). The number of aromatic nitrogens is 1. The van der Waals surface area contributed by atoms with Gasteiger partial charge in [-0.1, -0.05) is 65.7 Å². The lowest BCUT2D eigenvalue weighted by atomic mass is 10.0. The van der Waals surface area contributed by atoms with Crippen molar-refractivity contribution in [1.29, 1.82) is 0 Å². The summed E-state index contributed by atoms with van der Waals surface area (Å²) in [4.78, 5) is 1.42. The Labute approximate surface area is 139 Å². The molecule has 22 heavy (non-hydrogen) atoms. The van der Waals surface area contributed by atoms with Crippen LogP contribution in [0, 0.1) is 0 Å². The Morgan fingerprint density at radius 1 is 0.909 bits per heavy atom. The van der Waals surface area contributed by atoms with E-state index >= 15 is 0 Å². The van der Waals surface area contributed by atoms with Crippen LogP contribution >= 0.6 is 23.2 Å². The maximum absolute atomic E-state index is 6.63. The van der Waals surface area contributed by atoms with Crippen LogP contribution in [-0.4, -0.2) is 13.5 Å². The zero-order valence-electron chi connectivity index (χ0n) is 11.6. The normalized spacial score (nSPS) is 15.9. The van der Waals surface area contributed by atoms with Gasteiger partial charge in [0, 0.05) is 25.6 Å².